The molecule has 20 heavy (non-hydrogen) atoms. The Morgan fingerprint density at radius 3 is 2.95 bits per heavy atom. The first-order chi connectivity index (χ1) is 9.66. The van der Waals surface area contributed by atoms with Crippen molar-refractivity contribution >= 4 is 22.6 Å². The van der Waals surface area contributed by atoms with Crippen LogP contribution >= 0.6 is 11.6 Å². The number of benzene rings is 1. The van der Waals surface area contributed by atoms with Gasteiger partial charge in [0.15, 0.2) is 0 Å². The van der Waals surface area contributed by atoms with Crippen molar-refractivity contribution in [3.8, 4) is 0 Å². The van der Waals surface area contributed by atoms with E-state index in [0.29, 0.717) is 0 Å². The van der Waals surface area contributed by atoms with Crippen molar-refractivity contribution in [2.75, 3.05) is 13.2 Å². The fraction of sp³-hybridized carbons (Fsp3) is 0.562. The maximum Gasteiger partial charge on any atom is 0.127 e. The Morgan fingerprint density at radius 1 is 1.45 bits per heavy atom. The predicted molar refractivity (Wildman–Crippen MR) is 82.3 cm³/mol. The molecule has 1 aliphatic rings. The molecule has 1 aromatic heterocycles. The van der Waals surface area contributed by atoms with Crippen LogP contribution in [0.1, 0.15) is 36.5 Å². The van der Waals surface area contributed by atoms with Gasteiger partial charge in [-0.3, -0.25) is 0 Å². The number of fused-ring (bicyclic) bond motifs is 1. The Labute approximate surface area is 124 Å². The number of hydrogen-bond donors (Lipinski definition) is 0. The predicted octanol–water partition coefficient (Wildman–Crippen LogP) is 4.07. The van der Waals surface area contributed by atoms with Gasteiger partial charge in [-0.15, -0.1) is 11.6 Å². The van der Waals surface area contributed by atoms with Crippen LogP contribution in [0.3, 0.4) is 0 Å². The zero-order chi connectivity index (χ0) is 14.1. The number of alkyl halides is 1. The fourth-order valence-electron chi connectivity index (χ4n) is 2.53. The SMILES string of the molecule is Cc1cccc2c1nc(C(C)Cl)n2CCOCC1CC1. The van der Waals surface area contributed by atoms with E-state index in [1.165, 1.54) is 18.4 Å². The summed E-state index contributed by atoms with van der Waals surface area (Å²) in [6, 6.07) is 6.27. The van der Waals surface area contributed by atoms with E-state index in [9.17, 15) is 0 Å². The molecule has 0 spiro atoms. The largest absolute Gasteiger partial charge is 0.379 e. The summed E-state index contributed by atoms with van der Waals surface area (Å²) in [6.07, 6.45) is 2.66. The smallest absolute Gasteiger partial charge is 0.127 e. The Balaban J connectivity index is 1.82. The summed E-state index contributed by atoms with van der Waals surface area (Å²) < 4.78 is 7.95. The van der Waals surface area contributed by atoms with Gasteiger partial charge in [0.2, 0.25) is 0 Å². The van der Waals surface area contributed by atoms with E-state index < -0.39 is 0 Å². The standard InChI is InChI=1S/C16H21ClN2O/c1-11-4-3-5-14-15(11)18-16(12(2)17)19(14)8-9-20-10-13-6-7-13/h3-5,12-13H,6-10H2,1-2H3. The van der Waals surface area contributed by atoms with Gasteiger partial charge in [0.25, 0.3) is 0 Å². The van der Waals surface area contributed by atoms with E-state index in [1.807, 2.05) is 6.92 Å². The fourth-order valence-corrected chi connectivity index (χ4v) is 2.70. The maximum absolute atomic E-state index is 6.28. The molecule has 4 heteroatoms. The van der Waals surface area contributed by atoms with Crippen LogP contribution in [0.15, 0.2) is 18.2 Å². The summed E-state index contributed by atoms with van der Waals surface area (Å²) in [5, 5.41) is -0.0924. The van der Waals surface area contributed by atoms with Crippen molar-refractivity contribution in [1.29, 1.82) is 0 Å². The van der Waals surface area contributed by atoms with Crippen LogP contribution in [0, 0.1) is 12.8 Å². The van der Waals surface area contributed by atoms with Crippen molar-refractivity contribution in [3.05, 3.63) is 29.6 Å². The minimum atomic E-state index is -0.0924. The Morgan fingerprint density at radius 2 is 2.25 bits per heavy atom. The Kier molecular flexibility index (Phi) is 3.99. The molecule has 1 unspecified atom stereocenters. The summed E-state index contributed by atoms with van der Waals surface area (Å²) in [4.78, 5) is 4.71. The normalized spacial score (nSPS) is 16.8. The van der Waals surface area contributed by atoms with Gasteiger partial charge in [-0.05, 0) is 44.2 Å². The first-order valence-electron chi connectivity index (χ1n) is 7.34. The van der Waals surface area contributed by atoms with Crippen LogP contribution < -0.4 is 0 Å². The molecule has 1 aliphatic carbocycles. The molecule has 2 aromatic rings. The molecule has 1 saturated carbocycles. The minimum absolute atomic E-state index is 0.0924. The van der Waals surface area contributed by atoms with Crippen LogP contribution in [0.5, 0.6) is 0 Å². The minimum Gasteiger partial charge on any atom is -0.379 e. The summed E-state index contributed by atoms with van der Waals surface area (Å²) >= 11 is 6.28. The molecule has 0 aliphatic heterocycles. The van der Waals surface area contributed by atoms with Gasteiger partial charge in [-0.25, -0.2) is 4.98 Å². The summed E-state index contributed by atoms with van der Waals surface area (Å²) in [5.41, 5.74) is 3.40. The zero-order valence-corrected chi connectivity index (χ0v) is 12.9. The van der Waals surface area contributed by atoms with Crippen molar-refractivity contribution < 1.29 is 4.74 Å². The summed E-state index contributed by atoms with van der Waals surface area (Å²) in [6.45, 7) is 6.51. The lowest BCUT2D eigenvalue weighted by atomic mass is 10.2. The maximum atomic E-state index is 6.28. The Bertz CT molecular complexity index is 602. The van der Waals surface area contributed by atoms with Gasteiger partial charge in [0, 0.05) is 13.2 Å². The third kappa shape index (κ3) is 2.84. The molecule has 0 saturated heterocycles. The highest BCUT2D eigenvalue weighted by Crippen LogP contribution is 2.29. The molecule has 1 aromatic carbocycles. The molecule has 3 rings (SSSR count). The second-order valence-electron chi connectivity index (χ2n) is 5.70. The van der Waals surface area contributed by atoms with E-state index in [4.69, 9.17) is 21.3 Å². The highest BCUT2D eigenvalue weighted by atomic mass is 35.5. The lowest BCUT2D eigenvalue weighted by molar-refractivity contribution is 0.117. The highest BCUT2D eigenvalue weighted by molar-refractivity contribution is 6.20. The molecule has 0 N–H and O–H groups in total. The molecule has 108 valence electrons. The van der Waals surface area contributed by atoms with Crippen LogP contribution in [-0.2, 0) is 11.3 Å². The van der Waals surface area contributed by atoms with Gasteiger partial charge >= 0.3 is 0 Å². The van der Waals surface area contributed by atoms with Crippen LogP contribution in [0.4, 0.5) is 0 Å². The van der Waals surface area contributed by atoms with Crippen molar-refractivity contribution in [1.82, 2.24) is 9.55 Å². The lowest BCUT2D eigenvalue weighted by Gasteiger charge is -2.11. The van der Waals surface area contributed by atoms with Crippen molar-refractivity contribution in [3.63, 3.8) is 0 Å². The van der Waals surface area contributed by atoms with Gasteiger partial charge in [-0.1, -0.05) is 12.1 Å². The first kappa shape index (κ1) is 13.9. The number of para-hydroxylation sites is 1. The van der Waals surface area contributed by atoms with Gasteiger partial charge < -0.3 is 9.30 Å². The second kappa shape index (κ2) is 5.74. The highest BCUT2D eigenvalue weighted by Gasteiger charge is 2.21. The molecule has 1 fully saturated rings. The van der Waals surface area contributed by atoms with E-state index in [1.54, 1.807) is 0 Å². The summed E-state index contributed by atoms with van der Waals surface area (Å²) in [5.74, 6) is 1.74. The molecule has 0 bridgehead atoms. The lowest BCUT2D eigenvalue weighted by Crippen LogP contribution is -2.11. The van der Waals surface area contributed by atoms with Gasteiger partial charge in [0.05, 0.1) is 23.0 Å². The molecule has 3 nitrogen and oxygen atoms in total. The summed E-state index contributed by atoms with van der Waals surface area (Å²) in [7, 11) is 0. The number of halogens is 1. The van der Waals surface area contributed by atoms with Crippen molar-refractivity contribution in [2.45, 2.75) is 38.6 Å². The number of nitrogens with zero attached hydrogens (tertiary/aromatic N) is 2. The molecular formula is C16H21ClN2O. The van der Waals surface area contributed by atoms with Gasteiger partial charge in [0.1, 0.15) is 5.82 Å². The van der Waals surface area contributed by atoms with Gasteiger partial charge in [-0.2, -0.15) is 0 Å². The number of aromatic nitrogens is 2. The van der Waals surface area contributed by atoms with Crippen LogP contribution in [0.2, 0.25) is 0 Å². The molecule has 0 radical (unpaired) electrons. The molecular weight excluding hydrogens is 272 g/mol. The van der Waals surface area contributed by atoms with Crippen molar-refractivity contribution in [2.24, 2.45) is 5.92 Å². The second-order valence-corrected chi connectivity index (χ2v) is 6.35. The zero-order valence-electron chi connectivity index (χ0n) is 12.1. The third-order valence-electron chi connectivity index (χ3n) is 3.88. The number of imidazole rings is 1. The topological polar surface area (TPSA) is 27.1 Å². The molecule has 1 heterocycles. The van der Waals surface area contributed by atoms with Crippen LogP contribution in [-0.4, -0.2) is 22.8 Å². The third-order valence-corrected chi connectivity index (χ3v) is 4.07. The average Bonchev–Trinajstić information content (AvgIpc) is 3.15. The first-order valence-corrected chi connectivity index (χ1v) is 7.78. The molecule has 0 amide bonds. The van der Waals surface area contributed by atoms with E-state index in [2.05, 4.69) is 29.7 Å². The van der Waals surface area contributed by atoms with E-state index >= 15 is 0 Å². The number of ether oxygens (including phenoxy) is 1. The molecule has 1 atom stereocenters. The monoisotopic (exact) mass is 292 g/mol. The Hall–Kier alpha value is -1.06. The number of hydrogen-bond acceptors (Lipinski definition) is 2. The average molecular weight is 293 g/mol. The number of rotatable bonds is 6. The van der Waals surface area contributed by atoms with E-state index in [-0.39, 0.29) is 5.38 Å². The number of aryl methyl sites for hydroxylation is 1. The van der Waals surface area contributed by atoms with Crippen LogP contribution in [0.25, 0.3) is 11.0 Å². The quantitative estimate of drug-likeness (QED) is 0.593. The van der Waals surface area contributed by atoms with E-state index in [0.717, 1.165) is 42.5 Å².